The number of rotatable bonds is 6. The van der Waals surface area contributed by atoms with Gasteiger partial charge in [0.25, 0.3) is 0 Å². The molecule has 1 saturated heterocycles. The normalized spacial score (nSPS) is 14.1. The minimum atomic E-state index is -0.188. The molecular weight excluding hydrogens is 354 g/mol. The van der Waals surface area contributed by atoms with Crippen molar-refractivity contribution in [3.8, 4) is 5.75 Å². The van der Waals surface area contributed by atoms with Crippen LogP contribution in [0.4, 0.5) is 4.79 Å². The van der Waals surface area contributed by atoms with Gasteiger partial charge in [-0.15, -0.1) is 0 Å². The zero-order valence-corrected chi connectivity index (χ0v) is 16.5. The van der Waals surface area contributed by atoms with E-state index in [1.807, 2.05) is 54.3 Å². The zero-order valence-electron chi connectivity index (χ0n) is 16.5. The fourth-order valence-electron chi connectivity index (χ4n) is 3.33. The smallest absolute Gasteiger partial charge is 0.317 e. The highest BCUT2D eigenvalue weighted by molar-refractivity contribution is 5.85. The standard InChI is InChI=1S/C22H27N3O3/c1-17-5-3-7-19(13-17)15-24-11-12-25(16-21(24)26)22(27)23-10-9-18-6-4-8-20(14-18)28-2/h3-8,13-14H,9-12,15-16H2,1-2H3,(H,23,27). The van der Waals surface area contributed by atoms with E-state index in [0.717, 1.165) is 16.9 Å². The number of nitrogens with one attached hydrogen (secondary N) is 1. The number of urea groups is 1. The molecule has 3 rings (SSSR count). The molecule has 0 unspecified atom stereocenters. The van der Waals surface area contributed by atoms with Gasteiger partial charge in [-0.05, 0) is 36.6 Å². The van der Waals surface area contributed by atoms with Gasteiger partial charge < -0.3 is 19.9 Å². The summed E-state index contributed by atoms with van der Waals surface area (Å²) in [6.07, 6.45) is 0.713. The van der Waals surface area contributed by atoms with Crippen LogP contribution in [-0.4, -0.2) is 55.0 Å². The SMILES string of the molecule is COc1cccc(CCNC(=O)N2CCN(Cc3cccc(C)c3)C(=O)C2)c1. The van der Waals surface area contributed by atoms with Gasteiger partial charge in [0.2, 0.25) is 5.91 Å². The van der Waals surface area contributed by atoms with E-state index in [0.29, 0.717) is 32.6 Å². The van der Waals surface area contributed by atoms with Crippen LogP contribution < -0.4 is 10.1 Å². The van der Waals surface area contributed by atoms with E-state index in [9.17, 15) is 9.59 Å². The van der Waals surface area contributed by atoms with Crippen LogP contribution in [0.2, 0.25) is 0 Å². The number of nitrogens with zero attached hydrogens (tertiary/aromatic N) is 2. The fourth-order valence-corrected chi connectivity index (χ4v) is 3.33. The molecule has 0 aliphatic carbocycles. The van der Waals surface area contributed by atoms with E-state index in [2.05, 4.69) is 11.4 Å². The quantitative estimate of drug-likeness (QED) is 0.837. The number of hydrogen-bond acceptors (Lipinski definition) is 3. The highest BCUT2D eigenvalue weighted by Gasteiger charge is 2.26. The molecule has 1 aliphatic heterocycles. The average molecular weight is 381 g/mol. The Morgan fingerprint density at radius 1 is 1.11 bits per heavy atom. The van der Waals surface area contributed by atoms with Gasteiger partial charge >= 0.3 is 6.03 Å². The van der Waals surface area contributed by atoms with Gasteiger partial charge in [-0.25, -0.2) is 4.79 Å². The minimum absolute atomic E-state index is 0.0179. The summed E-state index contributed by atoms with van der Waals surface area (Å²) in [6.45, 7) is 4.37. The Balaban J connectivity index is 1.45. The first-order valence-electron chi connectivity index (χ1n) is 9.54. The topological polar surface area (TPSA) is 61.9 Å². The molecule has 28 heavy (non-hydrogen) atoms. The number of amides is 3. The van der Waals surface area contributed by atoms with Crippen molar-refractivity contribution in [2.24, 2.45) is 0 Å². The summed E-state index contributed by atoms with van der Waals surface area (Å²) in [5.74, 6) is 0.787. The van der Waals surface area contributed by atoms with Crippen molar-refractivity contribution >= 4 is 11.9 Å². The van der Waals surface area contributed by atoms with Crippen LogP contribution in [0.15, 0.2) is 48.5 Å². The predicted molar refractivity (Wildman–Crippen MR) is 108 cm³/mol. The number of carbonyl (C=O) groups is 2. The lowest BCUT2D eigenvalue weighted by Gasteiger charge is -2.34. The molecule has 1 fully saturated rings. The van der Waals surface area contributed by atoms with E-state index in [1.54, 1.807) is 12.0 Å². The number of aryl methyl sites for hydroxylation is 1. The number of ether oxygens (including phenoxy) is 1. The van der Waals surface area contributed by atoms with E-state index >= 15 is 0 Å². The third-order valence-corrected chi connectivity index (χ3v) is 4.89. The maximum absolute atomic E-state index is 12.5. The van der Waals surface area contributed by atoms with Crippen LogP contribution in [0, 0.1) is 6.92 Å². The molecule has 1 heterocycles. The van der Waals surface area contributed by atoms with Crippen LogP contribution in [0.5, 0.6) is 5.75 Å². The Kier molecular flexibility index (Phi) is 6.53. The van der Waals surface area contributed by atoms with Crippen molar-refractivity contribution in [3.05, 3.63) is 65.2 Å². The largest absolute Gasteiger partial charge is 0.497 e. The number of benzene rings is 2. The first-order chi connectivity index (χ1) is 13.5. The molecule has 148 valence electrons. The van der Waals surface area contributed by atoms with Gasteiger partial charge in [0, 0.05) is 26.2 Å². The molecule has 6 nitrogen and oxygen atoms in total. The molecule has 0 atom stereocenters. The summed E-state index contributed by atoms with van der Waals surface area (Å²) >= 11 is 0. The van der Waals surface area contributed by atoms with Crippen molar-refractivity contribution in [1.29, 1.82) is 0 Å². The monoisotopic (exact) mass is 381 g/mol. The molecule has 1 N–H and O–H groups in total. The van der Waals surface area contributed by atoms with E-state index in [-0.39, 0.29) is 18.5 Å². The molecule has 6 heteroatoms. The Morgan fingerprint density at radius 3 is 2.64 bits per heavy atom. The van der Waals surface area contributed by atoms with E-state index in [4.69, 9.17) is 4.74 Å². The zero-order chi connectivity index (χ0) is 19.9. The van der Waals surface area contributed by atoms with Crippen LogP contribution in [0.1, 0.15) is 16.7 Å². The predicted octanol–water partition coefficient (Wildman–Crippen LogP) is 2.60. The van der Waals surface area contributed by atoms with Crippen molar-refractivity contribution < 1.29 is 14.3 Å². The summed E-state index contributed by atoms with van der Waals surface area (Å²) in [4.78, 5) is 28.2. The van der Waals surface area contributed by atoms with Crippen molar-refractivity contribution in [2.75, 3.05) is 33.3 Å². The van der Waals surface area contributed by atoms with Crippen LogP contribution in [-0.2, 0) is 17.8 Å². The highest BCUT2D eigenvalue weighted by Crippen LogP contribution is 2.13. The van der Waals surface area contributed by atoms with Crippen LogP contribution in [0.3, 0.4) is 0 Å². The Labute approximate surface area is 166 Å². The van der Waals surface area contributed by atoms with Crippen molar-refractivity contribution in [1.82, 2.24) is 15.1 Å². The van der Waals surface area contributed by atoms with Crippen molar-refractivity contribution in [3.63, 3.8) is 0 Å². The Hall–Kier alpha value is -3.02. The van der Waals surface area contributed by atoms with Gasteiger partial charge in [-0.2, -0.15) is 0 Å². The van der Waals surface area contributed by atoms with Crippen LogP contribution >= 0.6 is 0 Å². The molecule has 3 amide bonds. The molecule has 0 spiro atoms. The fraction of sp³-hybridized carbons (Fsp3) is 0.364. The van der Waals surface area contributed by atoms with Gasteiger partial charge in [-0.1, -0.05) is 42.0 Å². The van der Waals surface area contributed by atoms with Gasteiger partial charge in [0.1, 0.15) is 12.3 Å². The lowest BCUT2D eigenvalue weighted by Crippen LogP contribution is -2.54. The third kappa shape index (κ3) is 5.25. The summed E-state index contributed by atoms with van der Waals surface area (Å²) < 4.78 is 5.21. The average Bonchev–Trinajstić information content (AvgIpc) is 2.69. The number of piperazine rings is 1. The molecule has 0 bridgehead atoms. The Bertz CT molecular complexity index is 837. The number of methoxy groups -OCH3 is 1. The third-order valence-electron chi connectivity index (χ3n) is 4.89. The summed E-state index contributed by atoms with van der Waals surface area (Å²) in [6, 6.07) is 15.8. The lowest BCUT2D eigenvalue weighted by molar-refractivity contribution is -0.135. The maximum Gasteiger partial charge on any atom is 0.317 e. The molecule has 1 aliphatic rings. The molecular formula is C22H27N3O3. The first-order valence-corrected chi connectivity index (χ1v) is 9.54. The molecule has 0 radical (unpaired) electrons. The van der Waals surface area contributed by atoms with Gasteiger partial charge in [0.15, 0.2) is 0 Å². The Morgan fingerprint density at radius 2 is 1.89 bits per heavy atom. The first kappa shape index (κ1) is 19.7. The maximum atomic E-state index is 12.5. The second-order valence-electron chi connectivity index (χ2n) is 7.06. The second-order valence-corrected chi connectivity index (χ2v) is 7.06. The molecule has 0 saturated carbocycles. The van der Waals surface area contributed by atoms with Crippen LogP contribution in [0.25, 0.3) is 0 Å². The van der Waals surface area contributed by atoms with Crippen molar-refractivity contribution in [2.45, 2.75) is 19.9 Å². The lowest BCUT2D eigenvalue weighted by atomic mass is 10.1. The highest BCUT2D eigenvalue weighted by atomic mass is 16.5. The van der Waals surface area contributed by atoms with E-state index < -0.39 is 0 Å². The minimum Gasteiger partial charge on any atom is -0.497 e. The van der Waals surface area contributed by atoms with E-state index in [1.165, 1.54) is 5.56 Å². The molecule has 0 aromatic heterocycles. The summed E-state index contributed by atoms with van der Waals surface area (Å²) in [5, 5.41) is 2.91. The molecule has 2 aromatic carbocycles. The van der Waals surface area contributed by atoms with Gasteiger partial charge in [0.05, 0.1) is 7.11 Å². The van der Waals surface area contributed by atoms with Gasteiger partial charge in [-0.3, -0.25) is 4.79 Å². The molecule has 2 aromatic rings. The number of carbonyl (C=O) groups excluding carboxylic acids is 2. The summed E-state index contributed by atoms with van der Waals surface area (Å²) in [5.41, 5.74) is 3.39. The number of hydrogen-bond donors (Lipinski definition) is 1. The second kappa shape index (κ2) is 9.26. The summed E-state index contributed by atoms with van der Waals surface area (Å²) in [7, 11) is 1.64.